The maximum Gasteiger partial charge on any atom is 0.269 e. The summed E-state index contributed by atoms with van der Waals surface area (Å²) in [4.78, 5) is 24.5. The molecule has 0 saturated heterocycles. The minimum atomic E-state index is -3.85. The Balaban J connectivity index is 1.25. The van der Waals surface area contributed by atoms with E-state index in [2.05, 4.69) is 15.6 Å². The first-order chi connectivity index (χ1) is 19.2. The number of hydrogen-bond donors (Lipinski definition) is 3. The normalized spacial score (nSPS) is 11.2. The fourth-order valence-corrected chi connectivity index (χ4v) is 4.80. The lowest BCUT2D eigenvalue weighted by Crippen LogP contribution is -2.40. The van der Waals surface area contributed by atoms with E-state index in [-0.39, 0.29) is 15.6 Å². The fourth-order valence-electron chi connectivity index (χ4n) is 3.36. The highest BCUT2D eigenvalue weighted by Gasteiger charge is 2.15. The second kappa shape index (κ2) is 13.2. The summed E-state index contributed by atoms with van der Waals surface area (Å²) in [5.41, 5.74) is 6.70. The topological polar surface area (TPSA) is 114 Å². The van der Waals surface area contributed by atoms with E-state index in [1.54, 1.807) is 84.9 Å². The van der Waals surface area contributed by atoms with Gasteiger partial charge in [-0.25, -0.2) is 8.42 Å². The molecule has 0 aliphatic rings. The van der Waals surface area contributed by atoms with Crippen LogP contribution in [0.3, 0.4) is 0 Å². The summed E-state index contributed by atoms with van der Waals surface area (Å²) in [6, 6.07) is 26.1. The van der Waals surface area contributed by atoms with Crippen molar-refractivity contribution in [2.24, 2.45) is 0 Å². The Morgan fingerprint density at radius 2 is 1.48 bits per heavy atom. The van der Waals surface area contributed by atoms with Crippen molar-refractivity contribution in [3.8, 4) is 5.75 Å². The first kappa shape index (κ1) is 28.7. The molecule has 40 heavy (non-hydrogen) atoms. The van der Waals surface area contributed by atoms with Gasteiger partial charge in [-0.2, -0.15) is 0 Å². The number of ether oxygens (including phenoxy) is 1. The van der Waals surface area contributed by atoms with Crippen molar-refractivity contribution < 1.29 is 22.7 Å². The highest BCUT2D eigenvalue weighted by Crippen LogP contribution is 2.24. The number of hydrazine groups is 1. The van der Waals surface area contributed by atoms with Gasteiger partial charge >= 0.3 is 0 Å². The van der Waals surface area contributed by atoms with Crippen molar-refractivity contribution in [1.82, 2.24) is 10.9 Å². The van der Waals surface area contributed by atoms with Crippen LogP contribution in [0.1, 0.15) is 21.5 Å². The van der Waals surface area contributed by atoms with Gasteiger partial charge in [0.25, 0.3) is 21.8 Å². The Hall–Kier alpha value is -4.31. The van der Waals surface area contributed by atoms with Gasteiger partial charge < -0.3 is 4.74 Å². The number of anilines is 1. The Labute approximate surface area is 241 Å². The lowest BCUT2D eigenvalue weighted by Gasteiger charge is -2.09. The Morgan fingerprint density at radius 3 is 2.15 bits per heavy atom. The van der Waals surface area contributed by atoms with Crippen molar-refractivity contribution in [2.45, 2.75) is 11.5 Å². The monoisotopic (exact) mass is 595 g/mol. The number of hydrogen-bond acceptors (Lipinski definition) is 5. The smallest absolute Gasteiger partial charge is 0.269 e. The van der Waals surface area contributed by atoms with Gasteiger partial charge in [0, 0.05) is 16.7 Å². The number of carbonyl (C=O) groups is 2. The van der Waals surface area contributed by atoms with Crippen LogP contribution in [0.5, 0.6) is 5.75 Å². The molecule has 4 aromatic rings. The van der Waals surface area contributed by atoms with Crippen LogP contribution in [0.4, 0.5) is 5.69 Å². The average molecular weight is 596 g/mol. The summed E-state index contributed by atoms with van der Waals surface area (Å²) in [7, 11) is -3.85. The van der Waals surface area contributed by atoms with E-state index in [1.165, 1.54) is 24.3 Å². The van der Waals surface area contributed by atoms with Gasteiger partial charge in [0.15, 0.2) is 0 Å². The summed E-state index contributed by atoms with van der Waals surface area (Å²) >= 11 is 11.9. The molecule has 0 saturated carbocycles. The lowest BCUT2D eigenvalue weighted by molar-refractivity contribution is -0.117. The Kier molecular flexibility index (Phi) is 9.44. The standard InChI is InChI=1S/C29H23Cl2N3O5S/c30-23-12-14-24(15-13-23)39-19-21-5-10-22(11-6-21)29(36)33-32-28(35)18-9-20-7-16-25(17-8-20)40(37,38)34-27-4-2-1-3-26(27)31/h1-18,34H,19H2,(H,32,35)(H,33,36)/b18-9+. The third-order valence-corrected chi connectivity index (χ3v) is 7.43. The molecule has 0 aliphatic heterocycles. The fraction of sp³-hybridized carbons (Fsp3) is 0.0345. The van der Waals surface area contributed by atoms with Gasteiger partial charge in [-0.05, 0) is 77.9 Å². The SMILES string of the molecule is O=C(/C=C/c1ccc(S(=O)(=O)Nc2ccccc2Cl)cc1)NNC(=O)c1ccc(COc2ccc(Cl)cc2)cc1. The molecule has 11 heteroatoms. The van der Waals surface area contributed by atoms with E-state index >= 15 is 0 Å². The molecule has 0 spiro atoms. The molecule has 0 radical (unpaired) electrons. The molecular formula is C29H23Cl2N3O5S. The molecule has 0 aromatic heterocycles. The van der Waals surface area contributed by atoms with E-state index < -0.39 is 21.8 Å². The zero-order valence-corrected chi connectivity index (χ0v) is 23.1. The van der Waals surface area contributed by atoms with E-state index in [0.717, 1.165) is 5.56 Å². The number of carbonyl (C=O) groups excluding carboxylic acids is 2. The molecule has 204 valence electrons. The lowest BCUT2D eigenvalue weighted by atomic mass is 10.1. The largest absolute Gasteiger partial charge is 0.489 e. The number of para-hydroxylation sites is 1. The molecule has 0 heterocycles. The van der Waals surface area contributed by atoms with Gasteiger partial charge in [-0.1, -0.05) is 59.6 Å². The quantitative estimate of drug-likeness (QED) is 0.166. The molecule has 0 fully saturated rings. The van der Waals surface area contributed by atoms with Crippen LogP contribution in [0.15, 0.2) is 108 Å². The molecule has 4 aromatic carbocycles. The van der Waals surface area contributed by atoms with Crippen LogP contribution in [0.25, 0.3) is 6.08 Å². The van der Waals surface area contributed by atoms with E-state index in [1.807, 2.05) is 0 Å². The number of amides is 2. The first-order valence-electron chi connectivity index (χ1n) is 11.8. The molecule has 3 N–H and O–H groups in total. The van der Waals surface area contributed by atoms with E-state index in [9.17, 15) is 18.0 Å². The van der Waals surface area contributed by atoms with Crippen molar-refractivity contribution in [2.75, 3.05) is 4.72 Å². The second-order valence-corrected chi connectivity index (χ2v) is 10.9. The van der Waals surface area contributed by atoms with Gasteiger partial charge in [0.1, 0.15) is 12.4 Å². The van der Waals surface area contributed by atoms with Crippen molar-refractivity contribution in [1.29, 1.82) is 0 Å². The molecule has 0 aliphatic carbocycles. The Morgan fingerprint density at radius 1 is 0.800 bits per heavy atom. The van der Waals surface area contributed by atoms with E-state index in [0.29, 0.717) is 28.5 Å². The van der Waals surface area contributed by atoms with Gasteiger partial charge in [-0.15, -0.1) is 0 Å². The first-order valence-corrected chi connectivity index (χ1v) is 14.1. The van der Waals surface area contributed by atoms with Gasteiger partial charge in [0.2, 0.25) is 0 Å². The minimum absolute atomic E-state index is 0.0313. The molecule has 0 bridgehead atoms. The molecule has 2 amide bonds. The van der Waals surface area contributed by atoms with Gasteiger partial charge in [0.05, 0.1) is 15.6 Å². The molecule has 0 unspecified atom stereocenters. The van der Waals surface area contributed by atoms with Crippen molar-refractivity contribution in [3.05, 3.63) is 130 Å². The van der Waals surface area contributed by atoms with Crippen LogP contribution in [0, 0.1) is 0 Å². The third kappa shape index (κ3) is 8.09. The molecule has 4 rings (SSSR count). The highest BCUT2D eigenvalue weighted by molar-refractivity contribution is 7.92. The number of nitrogens with one attached hydrogen (secondary N) is 3. The summed E-state index contributed by atoms with van der Waals surface area (Å²) in [5, 5.41) is 0.900. The minimum Gasteiger partial charge on any atom is -0.489 e. The summed E-state index contributed by atoms with van der Waals surface area (Å²) in [6.45, 7) is 0.315. The van der Waals surface area contributed by atoms with Gasteiger partial charge in [-0.3, -0.25) is 25.2 Å². The average Bonchev–Trinajstić information content (AvgIpc) is 2.96. The van der Waals surface area contributed by atoms with Crippen LogP contribution < -0.4 is 20.3 Å². The van der Waals surface area contributed by atoms with Crippen LogP contribution >= 0.6 is 23.2 Å². The number of rotatable bonds is 9. The predicted molar refractivity (Wildman–Crippen MR) is 156 cm³/mol. The summed E-state index contributed by atoms with van der Waals surface area (Å²) in [6.07, 6.45) is 2.69. The van der Waals surface area contributed by atoms with Crippen LogP contribution in [0.2, 0.25) is 10.0 Å². The zero-order chi connectivity index (χ0) is 28.5. The van der Waals surface area contributed by atoms with Crippen LogP contribution in [-0.2, 0) is 21.4 Å². The highest BCUT2D eigenvalue weighted by atomic mass is 35.5. The Bertz CT molecular complexity index is 1620. The molecule has 0 atom stereocenters. The number of halogens is 2. The predicted octanol–water partition coefficient (Wildman–Crippen LogP) is 5.85. The maximum absolute atomic E-state index is 12.6. The third-order valence-electron chi connectivity index (χ3n) is 5.47. The molecule has 8 nitrogen and oxygen atoms in total. The van der Waals surface area contributed by atoms with Crippen molar-refractivity contribution >= 4 is 56.8 Å². The maximum atomic E-state index is 12.6. The summed E-state index contributed by atoms with van der Waals surface area (Å²) in [5.74, 6) is -0.390. The van der Waals surface area contributed by atoms with Crippen molar-refractivity contribution in [3.63, 3.8) is 0 Å². The molecular weight excluding hydrogens is 573 g/mol. The second-order valence-electron chi connectivity index (χ2n) is 8.37. The number of sulfonamides is 1. The number of benzene rings is 4. The van der Waals surface area contributed by atoms with Crippen LogP contribution in [-0.4, -0.2) is 20.2 Å². The summed E-state index contributed by atoms with van der Waals surface area (Å²) < 4.78 is 33.3. The zero-order valence-electron chi connectivity index (χ0n) is 20.8. The van der Waals surface area contributed by atoms with E-state index in [4.69, 9.17) is 27.9 Å².